The van der Waals surface area contributed by atoms with Crippen molar-refractivity contribution in [2.45, 2.75) is 37.5 Å². The third-order valence-electron chi connectivity index (χ3n) is 4.11. The lowest BCUT2D eigenvalue weighted by atomic mass is 9.96. The number of halogens is 2. The minimum absolute atomic E-state index is 0. The van der Waals surface area contributed by atoms with Crippen LogP contribution in [-0.2, 0) is 4.74 Å². The molecule has 2 N–H and O–H groups in total. The highest BCUT2D eigenvalue weighted by Crippen LogP contribution is 2.34. The molecule has 23 heavy (non-hydrogen) atoms. The van der Waals surface area contributed by atoms with Crippen molar-refractivity contribution in [1.29, 1.82) is 0 Å². The molecule has 128 valence electrons. The van der Waals surface area contributed by atoms with Gasteiger partial charge in [0.1, 0.15) is 18.2 Å². The van der Waals surface area contributed by atoms with Crippen LogP contribution in [0.5, 0.6) is 5.75 Å². The number of hydrogen-bond acceptors (Lipinski definition) is 3. The zero-order valence-electron chi connectivity index (χ0n) is 13.1. The van der Waals surface area contributed by atoms with Crippen molar-refractivity contribution in [2.24, 2.45) is 4.99 Å². The van der Waals surface area contributed by atoms with Gasteiger partial charge in [0, 0.05) is 13.1 Å². The highest BCUT2D eigenvalue weighted by molar-refractivity contribution is 14.0. The van der Waals surface area contributed by atoms with Gasteiger partial charge < -0.3 is 20.1 Å². The molecule has 2 aliphatic heterocycles. The van der Waals surface area contributed by atoms with Gasteiger partial charge in [-0.25, -0.2) is 4.39 Å². The average molecular weight is 435 g/mol. The molecule has 2 heterocycles. The van der Waals surface area contributed by atoms with Crippen LogP contribution in [0.4, 0.5) is 4.39 Å². The molecular formula is C16H23FIN3O2. The van der Waals surface area contributed by atoms with Crippen LogP contribution >= 0.6 is 24.0 Å². The average Bonchev–Trinajstić information content (AvgIpc) is 3.13. The smallest absolute Gasteiger partial charge is 0.191 e. The van der Waals surface area contributed by atoms with Gasteiger partial charge in [0.05, 0.1) is 24.8 Å². The lowest BCUT2D eigenvalue weighted by molar-refractivity contribution is 0.0992. The summed E-state index contributed by atoms with van der Waals surface area (Å²) in [6.45, 7) is 1.04. The molecule has 2 fully saturated rings. The van der Waals surface area contributed by atoms with E-state index in [9.17, 15) is 4.39 Å². The Kier molecular flexibility index (Phi) is 6.88. The number of rotatable bonds is 5. The van der Waals surface area contributed by atoms with Gasteiger partial charge in [-0.05, 0) is 31.4 Å². The quantitative estimate of drug-likeness (QED) is 0.323. The maximum absolute atomic E-state index is 13.0. The highest BCUT2D eigenvalue weighted by Gasteiger charge is 2.41. The SMILES string of the molecule is CN=C(NCCOc1cccc(F)c1)NC1CC2CCC1O2.I. The van der Waals surface area contributed by atoms with Gasteiger partial charge in [0.2, 0.25) is 0 Å². The molecule has 0 radical (unpaired) electrons. The molecule has 7 heteroatoms. The molecule has 0 aliphatic carbocycles. The van der Waals surface area contributed by atoms with Crippen molar-refractivity contribution in [3.05, 3.63) is 30.1 Å². The standard InChI is InChI=1S/C16H22FN3O2.HI/c1-18-16(20-14-10-13-5-6-15(14)22-13)19-7-8-21-12-4-2-3-11(17)9-12;/h2-4,9,13-15H,5-8,10H2,1H3,(H2,18,19,20);1H. The molecule has 3 unspecified atom stereocenters. The number of benzene rings is 1. The number of aliphatic imine (C=N–C) groups is 1. The van der Waals surface area contributed by atoms with Crippen molar-refractivity contribution < 1.29 is 13.9 Å². The van der Waals surface area contributed by atoms with Gasteiger partial charge >= 0.3 is 0 Å². The van der Waals surface area contributed by atoms with Crippen LogP contribution in [0.3, 0.4) is 0 Å². The second kappa shape index (κ2) is 8.68. The topological polar surface area (TPSA) is 54.9 Å². The van der Waals surface area contributed by atoms with Crippen LogP contribution < -0.4 is 15.4 Å². The maximum Gasteiger partial charge on any atom is 0.191 e. The van der Waals surface area contributed by atoms with Gasteiger partial charge in [0.25, 0.3) is 0 Å². The third kappa shape index (κ3) is 4.94. The predicted octanol–water partition coefficient (Wildman–Crippen LogP) is 2.31. The second-order valence-electron chi connectivity index (χ2n) is 5.67. The number of ether oxygens (including phenoxy) is 2. The lowest BCUT2D eigenvalue weighted by Gasteiger charge is -2.22. The van der Waals surface area contributed by atoms with Crippen LogP contribution in [0.1, 0.15) is 19.3 Å². The highest BCUT2D eigenvalue weighted by atomic mass is 127. The zero-order chi connectivity index (χ0) is 15.4. The normalized spacial score (nSPS) is 25.8. The first kappa shape index (κ1) is 18.3. The summed E-state index contributed by atoms with van der Waals surface area (Å²) in [4.78, 5) is 4.22. The van der Waals surface area contributed by atoms with E-state index in [4.69, 9.17) is 9.47 Å². The fraction of sp³-hybridized carbons (Fsp3) is 0.562. The van der Waals surface area contributed by atoms with E-state index in [1.807, 2.05) is 0 Å². The van der Waals surface area contributed by atoms with E-state index < -0.39 is 0 Å². The summed E-state index contributed by atoms with van der Waals surface area (Å²) in [5, 5.41) is 6.61. The Bertz CT molecular complexity index is 544. The first-order chi connectivity index (χ1) is 10.7. The Balaban J connectivity index is 0.00000192. The number of guanidine groups is 1. The van der Waals surface area contributed by atoms with E-state index in [0.717, 1.165) is 18.8 Å². The molecule has 0 spiro atoms. The lowest BCUT2D eigenvalue weighted by Crippen LogP contribution is -2.48. The Morgan fingerprint density at radius 1 is 1.43 bits per heavy atom. The van der Waals surface area contributed by atoms with Crippen molar-refractivity contribution in [3.8, 4) is 5.75 Å². The van der Waals surface area contributed by atoms with Crippen LogP contribution in [0.25, 0.3) is 0 Å². The third-order valence-corrected chi connectivity index (χ3v) is 4.11. The summed E-state index contributed by atoms with van der Waals surface area (Å²) in [7, 11) is 1.75. The van der Waals surface area contributed by atoms with Gasteiger partial charge in [-0.3, -0.25) is 4.99 Å². The maximum atomic E-state index is 13.0. The summed E-state index contributed by atoms with van der Waals surface area (Å²) >= 11 is 0. The molecule has 0 saturated carbocycles. The Morgan fingerprint density at radius 3 is 2.96 bits per heavy atom. The fourth-order valence-corrected chi connectivity index (χ4v) is 3.06. The number of nitrogens with one attached hydrogen (secondary N) is 2. The first-order valence-corrected chi connectivity index (χ1v) is 7.75. The molecule has 0 amide bonds. The van der Waals surface area contributed by atoms with Gasteiger partial charge in [-0.2, -0.15) is 0 Å². The van der Waals surface area contributed by atoms with E-state index in [1.165, 1.54) is 18.6 Å². The molecule has 0 aromatic heterocycles. The minimum Gasteiger partial charge on any atom is -0.492 e. The predicted molar refractivity (Wildman–Crippen MR) is 98.1 cm³/mol. The van der Waals surface area contributed by atoms with Crippen molar-refractivity contribution >= 4 is 29.9 Å². The summed E-state index contributed by atoms with van der Waals surface area (Å²) in [5.41, 5.74) is 0. The number of nitrogens with zero attached hydrogens (tertiary/aromatic N) is 1. The Morgan fingerprint density at radius 2 is 2.30 bits per heavy atom. The monoisotopic (exact) mass is 435 g/mol. The summed E-state index contributed by atoms with van der Waals surface area (Å²) in [5.74, 6) is 0.995. The fourth-order valence-electron chi connectivity index (χ4n) is 3.06. The second-order valence-corrected chi connectivity index (χ2v) is 5.67. The molecule has 2 aliphatic rings. The molecular weight excluding hydrogens is 412 g/mol. The van der Waals surface area contributed by atoms with Crippen LogP contribution in [0.15, 0.2) is 29.3 Å². The van der Waals surface area contributed by atoms with Crippen molar-refractivity contribution in [1.82, 2.24) is 10.6 Å². The molecule has 3 atom stereocenters. The van der Waals surface area contributed by atoms with E-state index >= 15 is 0 Å². The van der Waals surface area contributed by atoms with Gasteiger partial charge in [-0.1, -0.05) is 6.07 Å². The summed E-state index contributed by atoms with van der Waals surface area (Å²) in [6, 6.07) is 6.48. The van der Waals surface area contributed by atoms with Crippen molar-refractivity contribution in [3.63, 3.8) is 0 Å². The van der Waals surface area contributed by atoms with E-state index in [2.05, 4.69) is 15.6 Å². The molecule has 1 aromatic carbocycles. The zero-order valence-corrected chi connectivity index (χ0v) is 15.5. The molecule has 2 saturated heterocycles. The molecule has 2 bridgehead atoms. The first-order valence-electron chi connectivity index (χ1n) is 7.75. The molecule has 3 rings (SSSR count). The summed E-state index contributed by atoms with van der Waals surface area (Å²) in [6.07, 6.45) is 4.08. The van der Waals surface area contributed by atoms with Crippen LogP contribution in [0.2, 0.25) is 0 Å². The van der Waals surface area contributed by atoms with Crippen LogP contribution in [-0.4, -0.2) is 44.4 Å². The molecule has 5 nitrogen and oxygen atoms in total. The van der Waals surface area contributed by atoms with Crippen LogP contribution in [0, 0.1) is 5.82 Å². The number of fused-ring (bicyclic) bond motifs is 2. The van der Waals surface area contributed by atoms with Gasteiger partial charge in [0.15, 0.2) is 5.96 Å². The summed E-state index contributed by atoms with van der Waals surface area (Å²) < 4.78 is 24.3. The van der Waals surface area contributed by atoms with Gasteiger partial charge in [-0.15, -0.1) is 24.0 Å². The van der Waals surface area contributed by atoms with E-state index in [-0.39, 0.29) is 29.8 Å². The Labute approximate surface area is 153 Å². The van der Waals surface area contributed by atoms with Crippen molar-refractivity contribution in [2.75, 3.05) is 20.2 Å². The number of hydrogen-bond donors (Lipinski definition) is 2. The minimum atomic E-state index is -0.292. The van der Waals surface area contributed by atoms with E-state index in [0.29, 0.717) is 37.2 Å². The molecule has 1 aromatic rings. The van der Waals surface area contributed by atoms with E-state index in [1.54, 1.807) is 19.2 Å². The Hall–Kier alpha value is -1.09. The largest absolute Gasteiger partial charge is 0.492 e.